The zero-order valence-corrected chi connectivity index (χ0v) is 10.2. The summed E-state index contributed by atoms with van der Waals surface area (Å²) in [6, 6.07) is -1.36. The molecule has 0 aliphatic carbocycles. The van der Waals surface area contributed by atoms with Gasteiger partial charge in [0.2, 0.25) is 0 Å². The molecule has 0 bridgehead atoms. The van der Waals surface area contributed by atoms with Crippen LogP contribution in [0, 0.1) is 0 Å². The number of nitrogens with one attached hydrogen (secondary N) is 2. The van der Waals surface area contributed by atoms with Gasteiger partial charge in [-0.2, -0.15) is 13.2 Å². The Bertz CT molecular complexity index is 221. The molecule has 0 saturated carbocycles. The third kappa shape index (κ3) is 8.93. The molecule has 7 heteroatoms. The summed E-state index contributed by atoms with van der Waals surface area (Å²) >= 11 is 0. The highest BCUT2D eigenvalue weighted by Gasteiger charge is 2.39. The van der Waals surface area contributed by atoms with E-state index in [1.54, 1.807) is 0 Å². The highest BCUT2D eigenvalue weighted by molar-refractivity contribution is 5.37. The molecule has 17 heavy (non-hydrogen) atoms. The van der Waals surface area contributed by atoms with Crippen LogP contribution in [0.25, 0.3) is 0 Å². The van der Waals surface area contributed by atoms with Crippen molar-refractivity contribution in [3.63, 3.8) is 0 Å². The van der Waals surface area contributed by atoms with Crippen LogP contribution in [-0.2, 0) is 9.53 Å². The van der Waals surface area contributed by atoms with Crippen molar-refractivity contribution < 1.29 is 22.7 Å². The van der Waals surface area contributed by atoms with Gasteiger partial charge in [0.1, 0.15) is 11.6 Å². The predicted octanol–water partition coefficient (Wildman–Crippen LogP) is 1.07. The number of ether oxygens (including phenoxy) is 1. The topological polar surface area (TPSA) is 50.4 Å². The summed E-state index contributed by atoms with van der Waals surface area (Å²) in [5.41, 5.74) is -0.318. The lowest BCUT2D eigenvalue weighted by Gasteiger charge is -2.26. The maximum Gasteiger partial charge on any atom is 0.405 e. The molecular formula is C10H19F3N2O2. The second-order valence-corrected chi connectivity index (χ2v) is 4.58. The Balaban J connectivity index is 0.000000325. The first kappa shape index (κ1) is 16.2. The Labute approximate surface area is 98.9 Å². The minimum atomic E-state index is -4.10. The highest BCUT2D eigenvalue weighted by Crippen LogP contribution is 2.19. The van der Waals surface area contributed by atoms with Crippen molar-refractivity contribution in [2.75, 3.05) is 19.6 Å². The van der Waals surface area contributed by atoms with Gasteiger partial charge >= 0.3 is 6.18 Å². The molecule has 1 saturated heterocycles. The number of piperazine rings is 1. The Kier molecular flexibility index (Phi) is 6.48. The maximum atomic E-state index is 11.8. The average Bonchev–Trinajstić information content (AvgIpc) is 2.17. The second kappa shape index (κ2) is 6.80. The third-order valence-corrected chi connectivity index (χ3v) is 1.84. The van der Waals surface area contributed by atoms with Gasteiger partial charge in [0.05, 0.1) is 0 Å². The molecule has 2 N–H and O–H groups in total. The van der Waals surface area contributed by atoms with Crippen LogP contribution in [0.4, 0.5) is 13.2 Å². The van der Waals surface area contributed by atoms with E-state index in [1.165, 1.54) is 0 Å². The van der Waals surface area contributed by atoms with Gasteiger partial charge in [0.15, 0.2) is 0 Å². The van der Waals surface area contributed by atoms with Crippen LogP contribution in [0.3, 0.4) is 0 Å². The Hall–Kier alpha value is -0.820. The van der Waals surface area contributed by atoms with Crippen molar-refractivity contribution in [2.24, 2.45) is 0 Å². The number of halogens is 3. The molecular weight excluding hydrogens is 237 g/mol. The highest BCUT2D eigenvalue weighted by atomic mass is 19.4. The van der Waals surface area contributed by atoms with Crippen LogP contribution >= 0.6 is 0 Å². The van der Waals surface area contributed by atoms with Gasteiger partial charge in [-0.25, -0.2) is 0 Å². The van der Waals surface area contributed by atoms with Crippen LogP contribution in [0.5, 0.6) is 0 Å². The Morgan fingerprint density at radius 1 is 1.24 bits per heavy atom. The maximum absolute atomic E-state index is 11.8. The minimum Gasteiger partial charge on any atom is -0.462 e. The lowest BCUT2D eigenvalue weighted by atomic mass is 10.2. The zero-order chi connectivity index (χ0) is 13.5. The van der Waals surface area contributed by atoms with Crippen molar-refractivity contribution in [3.05, 3.63) is 0 Å². The summed E-state index contributed by atoms with van der Waals surface area (Å²) in [5, 5.41) is 5.03. The molecule has 1 rings (SSSR count). The fraction of sp³-hybridized carbons (Fsp3) is 0.900. The predicted molar refractivity (Wildman–Crippen MR) is 57.6 cm³/mol. The molecule has 0 aromatic rings. The summed E-state index contributed by atoms with van der Waals surface area (Å²) in [7, 11) is 0. The number of rotatable bonds is 1. The molecule has 4 nitrogen and oxygen atoms in total. The SMILES string of the molecule is CC(C)(C)OC=O.FC(F)(F)C1CNCCN1. The zero-order valence-electron chi connectivity index (χ0n) is 10.2. The van der Waals surface area contributed by atoms with Gasteiger partial charge < -0.3 is 15.4 Å². The van der Waals surface area contributed by atoms with E-state index in [0.717, 1.165) is 0 Å². The number of carbonyl (C=O) groups is 1. The van der Waals surface area contributed by atoms with E-state index in [-0.39, 0.29) is 12.1 Å². The average molecular weight is 256 g/mol. The second-order valence-electron chi connectivity index (χ2n) is 4.58. The molecule has 1 heterocycles. The molecule has 0 spiro atoms. The van der Waals surface area contributed by atoms with E-state index >= 15 is 0 Å². The summed E-state index contributed by atoms with van der Waals surface area (Å²) < 4.78 is 40.1. The van der Waals surface area contributed by atoms with E-state index < -0.39 is 12.2 Å². The van der Waals surface area contributed by atoms with Crippen molar-refractivity contribution in [3.8, 4) is 0 Å². The molecule has 0 aromatic heterocycles. The molecule has 1 aliphatic heterocycles. The molecule has 0 radical (unpaired) electrons. The van der Waals surface area contributed by atoms with Gasteiger partial charge in [0, 0.05) is 19.6 Å². The van der Waals surface area contributed by atoms with Crippen molar-refractivity contribution in [1.82, 2.24) is 10.6 Å². The van der Waals surface area contributed by atoms with E-state index in [9.17, 15) is 18.0 Å². The normalized spacial score (nSPS) is 21.2. The number of carbonyl (C=O) groups excluding carboxylic acids is 1. The van der Waals surface area contributed by atoms with Crippen LogP contribution in [-0.4, -0.2) is 43.9 Å². The molecule has 102 valence electrons. The quantitative estimate of drug-likeness (QED) is 0.689. The lowest BCUT2D eigenvalue weighted by Crippen LogP contribution is -2.55. The smallest absolute Gasteiger partial charge is 0.405 e. The fourth-order valence-corrected chi connectivity index (χ4v) is 1.03. The lowest BCUT2D eigenvalue weighted by molar-refractivity contribution is -0.157. The van der Waals surface area contributed by atoms with Gasteiger partial charge in [-0.1, -0.05) is 0 Å². The monoisotopic (exact) mass is 256 g/mol. The van der Waals surface area contributed by atoms with Crippen molar-refractivity contribution in [1.29, 1.82) is 0 Å². The van der Waals surface area contributed by atoms with Crippen LogP contribution in [0.2, 0.25) is 0 Å². The molecule has 1 aliphatic rings. The molecule has 1 atom stereocenters. The number of alkyl halides is 3. The Morgan fingerprint density at radius 2 is 1.82 bits per heavy atom. The van der Waals surface area contributed by atoms with E-state index in [1.807, 2.05) is 20.8 Å². The van der Waals surface area contributed by atoms with Crippen molar-refractivity contribution in [2.45, 2.75) is 38.6 Å². The first-order chi connectivity index (χ1) is 7.67. The van der Waals surface area contributed by atoms with Gasteiger partial charge in [-0.3, -0.25) is 4.79 Å². The van der Waals surface area contributed by atoms with Crippen LogP contribution < -0.4 is 10.6 Å². The first-order valence-electron chi connectivity index (χ1n) is 5.29. The molecule has 1 fully saturated rings. The van der Waals surface area contributed by atoms with E-state index in [2.05, 4.69) is 15.4 Å². The summed E-state index contributed by atoms with van der Waals surface area (Å²) in [6.07, 6.45) is -4.10. The Morgan fingerprint density at radius 3 is 2.00 bits per heavy atom. The third-order valence-electron chi connectivity index (χ3n) is 1.84. The van der Waals surface area contributed by atoms with Gasteiger partial charge in [-0.15, -0.1) is 0 Å². The molecule has 0 aromatic carbocycles. The largest absolute Gasteiger partial charge is 0.462 e. The summed E-state index contributed by atoms with van der Waals surface area (Å²) in [5.74, 6) is 0. The number of hydrogen-bond donors (Lipinski definition) is 2. The van der Waals surface area contributed by atoms with E-state index in [0.29, 0.717) is 19.6 Å². The molecule has 1 unspecified atom stereocenters. The standard InChI is InChI=1S/C5H9F3N2.C5H10O2/c6-5(7,8)4-3-9-1-2-10-4;1-5(2,3)7-4-6/h4,9-10H,1-3H2;4H,1-3H3. The van der Waals surface area contributed by atoms with E-state index in [4.69, 9.17) is 0 Å². The van der Waals surface area contributed by atoms with Gasteiger partial charge in [0.25, 0.3) is 6.47 Å². The van der Waals surface area contributed by atoms with Gasteiger partial charge in [-0.05, 0) is 20.8 Å². The summed E-state index contributed by atoms with van der Waals surface area (Å²) in [4.78, 5) is 9.60. The molecule has 0 amide bonds. The first-order valence-corrected chi connectivity index (χ1v) is 5.29. The number of hydrogen-bond acceptors (Lipinski definition) is 4. The van der Waals surface area contributed by atoms with Crippen molar-refractivity contribution >= 4 is 6.47 Å². The fourth-order valence-electron chi connectivity index (χ4n) is 1.03. The van der Waals surface area contributed by atoms with Crippen LogP contribution in [0.1, 0.15) is 20.8 Å². The van der Waals surface area contributed by atoms with Crippen LogP contribution in [0.15, 0.2) is 0 Å². The minimum absolute atomic E-state index is 0.0104. The summed E-state index contributed by atoms with van der Waals surface area (Å²) in [6.45, 7) is 6.92.